The molecule has 0 aliphatic rings. The summed E-state index contributed by atoms with van der Waals surface area (Å²) in [6.45, 7) is 0. The molecule has 0 aliphatic carbocycles. The second kappa shape index (κ2) is 4.61. The van der Waals surface area contributed by atoms with Crippen LogP contribution in [0.4, 0.5) is 8.78 Å². The molecule has 0 radical (unpaired) electrons. The van der Waals surface area contributed by atoms with Gasteiger partial charge >= 0.3 is 0 Å². The van der Waals surface area contributed by atoms with Crippen molar-refractivity contribution in [3.05, 3.63) is 58.6 Å². The second-order valence-corrected chi connectivity index (χ2v) is 3.99. The van der Waals surface area contributed by atoms with Gasteiger partial charge in [-0.05, 0) is 40.2 Å². The van der Waals surface area contributed by atoms with Crippen LogP contribution in [0.25, 0.3) is 0 Å². The van der Waals surface area contributed by atoms with Gasteiger partial charge < -0.3 is 4.74 Å². The van der Waals surface area contributed by atoms with Crippen molar-refractivity contribution in [2.75, 3.05) is 0 Å². The Kier molecular flexibility index (Phi) is 3.19. The summed E-state index contributed by atoms with van der Waals surface area (Å²) < 4.78 is 31.7. The summed E-state index contributed by atoms with van der Waals surface area (Å²) in [6, 6.07) is 10.0. The SMILES string of the molecule is Fc1cccc(Oc2ccc(Br)c(F)c2)c1. The van der Waals surface area contributed by atoms with E-state index in [1.54, 1.807) is 12.1 Å². The van der Waals surface area contributed by atoms with Crippen LogP contribution in [-0.4, -0.2) is 0 Å². The highest BCUT2D eigenvalue weighted by atomic mass is 79.9. The number of ether oxygens (including phenoxy) is 1. The van der Waals surface area contributed by atoms with Crippen molar-refractivity contribution in [3.8, 4) is 11.5 Å². The molecule has 2 aromatic carbocycles. The summed E-state index contributed by atoms with van der Waals surface area (Å²) >= 11 is 3.04. The van der Waals surface area contributed by atoms with Crippen LogP contribution in [0, 0.1) is 11.6 Å². The first-order valence-corrected chi connectivity index (χ1v) is 5.33. The third-order valence-corrected chi connectivity index (χ3v) is 2.57. The number of benzene rings is 2. The van der Waals surface area contributed by atoms with Gasteiger partial charge in [0.05, 0.1) is 4.47 Å². The molecule has 0 aromatic heterocycles. The van der Waals surface area contributed by atoms with E-state index in [1.807, 2.05) is 0 Å². The van der Waals surface area contributed by atoms with Gasteiger partial charge in [0.15, 0.2) is 0 Å². The highest BCUT2D eigenvalue weighted by Crippen LogP contribution is 2.25. The van der Waals surface area contributed by atoms with E-state index < -0.39 is 11.6 Å². The highest BCUT2D eigenvalue weighted by Gasteiger charge is 2.03. The number of rotatable bonds is 2. The van der Waals surface area contributed by atoms with Gasteiger partial charge in [-0.2, -0.15) is 0 Å². The Hall–Kier alpha value is -1.42. The predicted molar refractivity (Wildman–Crippen MR) is 60.6 cm³/mol. The van der Waals surface area contributed by atoms with Gasteiger partial charge in [-0.1, -0.05) is 6.07 Å². The van der Waals surface area contributed by atoms with Gasteiger partial charge in [0.25, 0.3) is 0 Å². The van der Waals surface area contributed by atoms with E-state index in [2.05, 4.69) is 15.9 Å². The zero-order valence-electron chi connectivity index (χ0n) is 8.08. The fourth-order valence-corrected chi connectivity index (χ4v) is 1.45. The number of hydrogen-bond acceptors (Lipinski definition) is 1. The van der Waals surface area contributed by atoms with E-state index in [4.69, 9.17) is 4.74 Å². The Bertz CT molecular complexity index is 514. The van der Waals surface area contributed by atoms with Gasteiger partial charge in [0, 0.05) is 12.1 Å². The molecular weight excluding hydrogens is 278 g/mol. The Balaban J connectivity index is 2.24. The van der Waals surface area contributed by atoms with Gasteiger partial charge in [0.1, 0.15) is 23.1 Å². The summed E-state index contributed by atoms with van der Waals surface area (Å²) in [5, 5.41) is 0. The van der Waals surface area contributed by atoms with Gasteiger partial charge in [-0.15, -0.1) is 0 Å². The van der Waals surface area contributed by atoms with Gasteiger partial charge in [0.2, 0.25) is 0 Å². The molecule has 82 valence electrons. The quantitative estimate of drug-likeness (QED) is 0.788. The van der Waals surface area contributed by atoms with Crippen molar-refractivity contribution in [3.63, 3.8) is 0 Å². The van der Waals surface area contributed by atoms with Crippen LogP contribution in [0.5, 0.6) is 11.5 Å². The minimum absolute atomic E-state index is 0.325. The largest absolute Gasteiger partial charge is 0.457 e. The van der Waals surface area contributed by atoms with Gasteiger partial charge in [-0.3, -0.25) is 0 Å². The van der Waals surface area contributed by atoms with Crippen molar-refractivity contribution in [1.82, 2.24) is 0 Å². The average molecular weight is 285 g/mol. The maximum Gasteiger partial charge on any atom is 0.141 e. The van der Waals surface area contributed by atoms with Crippen molar-refractivity contribution in [2.45, 2.75) is 0 Å². The van der Waals surface area contributed by atoms with E-state index in [9.17, 15) is 8.78 Å². The molecule has 1 nitrogen and oxygen atoms in total. The molecule has 0 fully saturated rings. The van der Waals surface area contributed by atoms with Gasteiger partial charge in [-0.25, -0.2) is 8.78 Å². The molecule has 0 heterocycles. The van der Waals surface area contributed by atoms with E-state index in [-0.39, 0.29) is 0 Å². The molecule has 0 bridgehead atoms. The number of hydrogen-bond donors (Lipinski definition) is 0. The second-order valence-electron chi connectivity index (χ2n) is 3.14. The minimum Gasteiger partial charge on any atom is -0.457 e. The highest BCUT2D eigenvalue weighted by molar-refractivity contribution is 9.10. The first-order chi connectivity index (χ1) is 7.65. The Morgan fingerprint density at radius 2 is 1.69 bits per heavy atom. The lowest BCUT2D eigenvalue weighted by Crippen LogP contribution is -1.86. The molecule has 16 heavy (non-hydrogen) atoms. The van der Waals surface area contributed by atoms with Crippen molar-refractivity contribution >= 4 is 15.9 Å². The lowest BCUT2D eigenvalue weighted by molar-refractivity contribution is 0.471. The molecule has 0 unspecified atom stereocenters. The topological polar surface area (TPSA) is 9.23 Å². The zero-order chi connectivity index (χ0) is 11.5. The first-order valence-electron chi connectivity index (χ1n) is 4.53. The standard InChI is InChI=1S/C12H7BrF2O/c13-11-5-4-10(7-12(11)15)16-9-3-1-2-8(14)6-9/h1-7H. The molecule has 0 saturated carbocycles. The predicted octanol–water partition coefficient (Wildman–Crippen LogP) is 4.52. The lowest BCUT2D eigenvalue weighted by atomic mass is 10.3. The molecule has 2 aromatic rings. The van der Waals surface area contributed by atoms with Crippen molar-refractivity contribution < 1.29 is 13.5 Å². The molecular formula is C12H7BrF2O. The monoisotopic (exact) mass is 284 g/mol. The smallest absolute Gasteiger partial charge is 0.141 e. The Labute approximate surface area is 99.8 Å². The van der Waals surface area contributed by atoms with Crippen LogP contribution < -0.4 is 4.74 Å². The molecule has 4 heteroatoms. The summed E-state index contributed by atoms with van der Waals surface area (Å²) in [4.78, 5) is 0. The van der Waals surface area contributed by atoms with Crippen LogP contribution in [0.15, 0.2) is 46.9 Å². The molecule has 0 amide bonds. The third-order valence-electron chi connectivity index (χ3n) is 1.92. The van der Waals surface area contributed by atoms with E-state index in [0.717, 1.165) is 0 Å². The zero-order valence-corrected chi connectivity index (χ0v) is 9.67. The average Bonchev–Trinajstić information content (AvgIpc) is 2.24. The maximum atomic E-state index is 13.2. The minimum atomic E-state index is -0.422. The summed E-state index contributed by atoms with van der Waals surface area (Å²) in [7, 11) is 0. The fourth-order valence-electron chi connectivity index (χ4n) is 1.21. The van der Waals surface area contributed by atoms with Crippen LogP contribution in [0.3, 0.4) is 0 Å². The van der Waals surface area contributed by atoms with E-state index in [0.29, 0.717) is 16.0 Å². The van der Waals surface area contributed by atoms with Crippen LogP contribution in [0.1, 0.15) is 0 Å². The Morgan fingerprint density at radius 3 is 2.38 bits per heavy atom. The van der Waals surface area contributed by atoms with E-state index in [1.165, 1.54) is 30.3 Å². The van der Waals surface area contributed by atoms with Crippen LogP contribution in [-0.2, 0) is 0 Å². The molecule has 0 spiro atoms. The van der Waals surface area contributed by atoms with Crippen molar-refractivity contribution in [2.24, 2.45) is 0 Å². The third kappa shape index (κ3) is 2.58. The summed E-state index contributed by atoms with van der Waals surface area (Å²) in [5.74, 6) is -0.156. The molecule has 0 atom stereocenters. The van der Waals surface area contributed by atoms with E-state index >= 15 is 0 Å². The molecule has 2 rings (SSSR count). The van der Waals surface area contributed by atoms with Crippen LogP contribution in [0.2, 0.25) is 0 Å². The fraction of sp³-hybridized carbons (Fsp3) is 0. The number of halogens is 3. The first kappa shape index (κ1) is 11.1. The summed E-state index contributed by atoms with van der Waals surface area (Å²) in [5.41, 5.74) is 0. The van der Waals surface area contributed by atoms with Crippen LogP contribution >= 0.6 is 15.9 Å². The molecule has 0 N–H and O–H groups in total. The Morgan fingerprint density at radius 1 is 0.938 bits per heavy atom. The molecule has 0 aliphatic heterocycles. The lowest BCUT2D eigenvalue weighted by Gasteiger charge is -2.06. The summed E-state index contributed by atoms with van der Waals surface area (Å²) in [6.07, 6.45) is 0. The molecule has 0 saturated heterocycles. The van der Waals surface area contributed by atoms with Crippen molar-refractivity contribution in [1.29, 1.82) is 0 Å². The normalized spacial score (nSPS) is 10.2. The maximum absolute atomic E-state index is 13.2.